The Balaban J connectivity index is 4.43. The molecule has 0 aliphatic rings. The number of ether oxygens (including phenoxy) is 1. The Morgan fingerprint density at radius 3 is 1.53 bits per heavy atom. The quantitative estimate of drug-likeness (QED) is 0.699. The van der Waals surface area contributed by atoms with Crippen LogP contribution < -0.4 is 0 Å². The van der Waals surface area contributed by atoms with Crippen molar-refractivity contribution in [3.8, 4) is 0 Å². The van der Waals surface area contributed by atoms with E-state index in [1.54, 1.807) is 0 Å². The second-order valence-electron chi connectivity index (χ2n) is 2.40. The molecule has 10 heteroatoms. The Labute approximate surface area is 76.8 Å². The van der Waals surface area contributed by atoms with Crippen molar-refractivity contribution in [3.63, 3.8) is 0 Å². The molecule has 15 heavy (non-hydrogen) atoms. The maximum absolute atomic E-state index is 12.1. The Kier molecular flexibility index (Phi) is 3.88. The lowest BCUT2D eigenvalue weighted by atomic mass is 10.2. The molecule has 0 saturated heterocycles. The molecule has 1 nitrogen and oxygen atoms in total. The first kappa shape index (κ1) is 14.3. The van der Waals surface area contributed by atoms with Gasteiger partial charge in [0.15, 0.2) is 0 Å². The fraction of sp³-hybridized carbons (Fsp3) is 1.00. The minimum absolute atomic E-state index is 2.42. The van der Waals surface area contributed by atoms with Crippen molar-refractivity contribution >= 4 is 0 Å². The van der Waals surface area contributed by atoms with Crippen molar-refractivity contribution in [2.24, 2.45) is 0 Å². The molecule has 0 aromatic carbocycles. The zero-order chi connectivity index (χ0) is 12.5. The Morgan fingerprint density at radius 2 is 1.27 bits per heavy atom. The zero-order valence-corrected chi connectivity index (χ0v) is 6.59. The topological polar surface area (TPSA) is 9.23 Å². The number of halogens is 9. The van der Waals surface area contributed by atoms with E-state index in [-0.39, 0.29) is 0 Å². The molecule has 0 aromatic rings. The molecule has 0 unspecified atom stereocenters. The van der Waals surface area contributed by atoms with Gasteiger partial charge in [0.05, 0.1) is 0 Å². The molecule has 0 aliphatic carbocycles. The number of hydrogen-bond donors (Lipinski definition) is 0. The summed E-state index contributed by atoms with van der Waals surface area (Å²) in [4.78, 5) is 0. The first-order chi connectivity index (χ1) is 6.36. The van der Waals surface area contributed by atoms with Gasteiger partial charge in [-0.1, -0.05) is 0 Å². The van der Waals surface area contributed by atoms with Gasteiger partial charge in [-0.05, 0) is 0 Å². The fourth-order valence-corrected chi connectivity index (χ4v) is 0.491. The maximum Gasteiger partial charge on any atom is 0.522 e. The van der Waals surface area contributed by atoms with Crippen molar-refractivity contribution in [3.05, 3.63) is 0 Å². The number of alkyl halides is 9. The first-order valence-electron chi connectivity index (χ1n) is 3.15. The van der Waals surface area contributed by atoms with Crippen LogP contribution in [0.3, 0.4) is 0 Å². The SMILES string of the molecule is F[C@@H](C(F)(F)F)C(F)(F)COC(F)(F)F. The maximum atomic E-state index is 12.1. The lowest BCUT2D eigenvalue weighted by Crippen LogP contribution is -2.45. The zero-order valence-electron chi connectivity index (χ0n) is 6.59. The Morgan fingerprint density at radius 1 is 0.867 bits per heavy atom. The van der Waals surface area contributed by atoms with E-state index >= 15 is 0 Å². The van der Waals surface area contributed by atoms with Crippen LogP contribution in [0.4, 0.5) is 39.5 Å². The Hall–Kier alpha value is -0.670. The Bertz CT molecular complexity index is 204. The standard InChI is InChI=1S/C5H3F9O/c6-2(4(9,10)11)3(7,8)1-15-5(12,13)14/h2H,1H2/t2-/m1/s1. The summed E-state index contributed by atoms with van der Waals surface area (Å²) in [5, 5.41) is 0. The van der Waals surface area contributed by atoms with Crippen LogP contribution in [0.15, 0.2) is 0 Å². The van der Waals surface area contributed by atoms with E-state index in [1.165, 1.54) is 0 Å². The molecule has 0 aliphatic heterocycles. The van der Waals surface area contributed by atoms with E-state index < -0.39 is 31.2 Å². The lowest BCUT2D eigenvalue weighted by Gasteiger charge is -2.22. The normalized spacial score (nSPS) is 16.6. The van der Waals surface area contributed by atoms with Gasteiger partial charge in [-0.15, -0.1) is 13.2 Å². The van der Waals surface area contributed by atoms with Crippen LogP contribution in [0.25, 0.3) is 0 Å². The van der Waals surface area contributed by atoms with Crippen LogP contribution in [0.5, 0.6) is 0 Å². The van der Waals surface area contributed by atoms with Crippen LogP contribution in [0.1, 0.15) is 0 Å². The van der Waals surface area contributed by atoms with E-state index in [2.05, 4.69) is 4.74 Å². The highest BCUT2D eigenvalue weighted by Crippen LogP contribution is 2.36. The van der Waals surface area contributed by atoms with Gasteiger partial charge in [0.25, 0.3) is 6.17 Å². The van der Waals surface area contributed by atoms with Crippen LogP contribution in [0, 0.1) is 0 Å². The molecule has 0 aromatic heterocycles. The van der Waals surface area contributed by atoms with E-state index in [0.29, 0.717) is 0 Å². The molecular weight excluding hydrogens is 247 g/mol. The molecule has 0 bridgehead atoms. The predicted molar refractivity (Wildman–Crippen MR) is 27.9 cm³/mol. The van der Waals surface area contributed by atoms with Crippen molar-refractivity contribution in [1.29, 1.82) is 0 Å². The monoisotopic (exact) mass is 250 g/mol. The summed E-state index contributed by atoms with van der Waals surface area (Å²) < 4.78 is 106. The number of rotatable bonds is 3. The van der Waals surface area contributed by atoms with Crippen molar-refractivity contribution < 1.29 is 44.3 Å². The fourth-order valence-electron chi connectivity index (χ4n) is 0.491. The van der Waals surface area contributed by atoms with Crippen LogP contribution in [-0.2, 0) is 4.74 Å². The summed E-state index contributed by atoms with van der Waals surface area (Å²) in [6.45, 7) is -2.73. The van der Waals surface area contributed by atoms with Gasteiger partial charge in [-0.25, -0.2) is 13.2 Å². The first-order valence-corrected chi connectivity index (χ1v) is 3.15. The summed E-state index contributed by atoms with van der Waals surface area (Å²) >= 11 is 0. The second kappa shape index (κ2) is 4.06. The molecule has 0 amide bonds. The van der Waals surface area contributed by atoms with Gasteiger partial charge in [-0.3, -0.25) is 4.74 Å². The average molecular weight is 250 g/mol. The molecule has 0 fully saturated rings. The molecule has 0 heterocycles. The summed E-state index contributed by atoms with van der Waals surface area (Å²) in [5.74, 6) is -5.28. The van der Waals surface area contributed by atoms with Crippen molar-refractivity contribution in [1.82, 2.24) is 0 Å². The van der Waals surface area contributed by atoms with Gasteiger partial charge in [0, 0.05) is 0 Å². The highest BCUT2D eigenvalue weighted by atomic mass is 19.4. The highest BCUT2D eigenvalue weighted by Gasteiger charge is 2.58. The summed E-state index contributed by atoms with van der Waals surface area (Å²) in [6, 6.07) is 0. The number of hydrogen-bond acceptors (Lipinski definition) is 1. The summed E-state index contributed by atoms with van der Waals surface area (Å²) in [6.07, 6.45) is -16.2. The molecular formula is C5H3F9O. The summed E-state index contributed by atoms with van der Waals surface area (Å²) in [7, 11) is 0. The molecule has 92 valence electrons. The predicted octanol–water partition coefficient (Wildman–Crippen LogP) is 3.06. The van der Waals surface area contributed by atoms with Gasteiger partial charge >= 0.3 is 18.5 Å². The van der Waals surface area contributed by atoms with Crippen LogP contribution >= 0.6 is 0 Å². The molecule has 0 N–H and O–H groups in total. The molecule has 0 radical (unpaired) electrons. The smallest absolute Gasteiger partial charge is 0.285 e. The molecule has 0 rings (SSSR count). The van der Waals surface area contributed by atoms with Crippen LogP contribution in [-0.4, -0.2) is 31.2 Å². The third-order valence-corrected chi connectivity index (χ3v) is 1.09. The molecule has 0 saturated carbocycles. The van der Waals surface area contributed by atoms with Gasteiger partial charge < -0.3 is 0 Å². The second-order valence-corrected chi connectivity index (χ2v) is 2.40. The van der Waals surface area contributed by atoms with Crippen molar-refractivity contribution in [2.45, 2.75) is 24.6 Å². The third kappa shape index (κ3) is 5.09. The van der Waals surface area contributed by atoms with Crippen LogP contribution in [0.2, 0.25) is 0 Å². The highest BCUT2D eigenvalue weighted by molar-refractivity contribution is 4.82. The summed E-state index contributed by atoms with van der Waals surface area (Å²) in [5.41, 5.74) is 0. The molecule has 1 atom stereocenters. The van der Waals surface area contributed by atoms with E-state index in [0.717, 1.165) is 0 Å². The lowest BCUT2D eigenvalue weighted by molar-refractivity contribution is -0.353. The van der Waals surface area contributed by atoms with Gasteiger partial charge in [0.1, 0.15) is 6.61 Å². The third-order valence-electron chi connectivity index (χ3n) is 1.09. The largest absolute Gasteiger partial charge is 0.522 e. The minimum atomic E-state index is -5.95. The van der Waals surface area contributed by atoms with Crippen molar-refractivity contribution in [2.75, 3.05) is 6.61 Å². The molecule has 0 spiro atoms. The van der Waals surface area contributed by atoms with Gasteiger partial charge in [-0.2, -0.15) is 13.2 Å². The van der Waals surface area contributed by atoms with Gasteiger partial charge in [0.2, 0.25) is 0 Å². The minimum Gasteiger partial charge on any atom is -0.285 e. The van der Waals surface area contributed by atoms with E-state index in [1.807, 2.05) is 0 Å². The average Bonchev–Trinajstić information content (AvgIpc) is 1.97. The van der Waals surface area contributed by atoms with E-state index in [4.69, 9.17) is 0 Å². The van der Waals surface area contributed by atoms with E-state index in [9.17, 15) is 39.5 Å².